The SMILES string of the molecule is CNc1cc(C(=O)NC(C)c2ccccc2)cc(Cl)n1. The molecule has 2 aromatic rings. The predicted octanol–water partition coefficient (Wildman–Crippen LogP) is 3.27. The quantitative estimate of drug-likeness (QED) is 0.850. The third-order valence-corrected chi connectivity index (χ3v) is 3.15. The molecule has 20 heavy (non-hydrogen) atoms. The van der Waals surface area contributed by atoms with Crippen LogP contribution in [0.3, 0.4) is 0 Å². The van der Waals surface area contributed by atoms with Gasteiger partial charge in [0.1, 0.15) is 11.0 Å². The van der Waals surface area contributed by atoms with Gasteiger partial charge in [-0.05, 0) is 24.6 Å². The number of hydrogen-bond donors (Lipinski definition) is 2. The molecule has 0 aliphatic heterocycles. The van der Waals surface area contributed by atoms with Crippen molar-refractivity contribution >= 4 is 23.3 Å². The number of aromatic nitrogens is 1. The minimum Gasteiger partial charge on any atom is -0.373 e. The number of nitrogens with one attached hydrogen (secondary N) is 2. The van der Waals surface area contributed by atoms with Crippen molar-refractivity contribution in [2.75, 3.05) is 12.4 Å². The normalized spacial score (nSPS) is 11.8. The minimum absolute atomic E-state index is 0.0753. The number of rotatable bonds is 4. The maximum Gasteiger partial charge on any atom is 0.251 e. The van der Waals surface area contributed by atoms with Crippen LogP contribution in [-0.2, 0) is 0 Å². The van der Waals surface area contributed by atoms with E-state index in [0.29, 0.717) is 11.4 Å². The maximum absolute atomic E-state index is 12.2. The highest BCUT2D eigenvalue weighted by Crippen LogP contribution is 2.16. The Bertz CT molecular complexity index is 601. The van der Waals surface area contributed by atoms with E-state index in [9.17, 15) is 4.79 Å². The van der Waals surface area contributed by atoms with Gasteiger partial charge in [0.25, 0.3) is 5.91 Å². The van der Waals surface area contributed by atoms with Crippen LogP contribution in [0.2, 0.25) is 5.15 Å². The first kappa shape index (κ1) is 14.3. The fraction of sp³-hybridized carbons (Fsp3) is 0.200. The van der Waals surface area contributed by atoms with Crippen LogP contribution in [0.5, 0.6) is 0 Å². The Morgan fingerprint density at radius 2 is 1.95 bits per heavy atom. The summed E-state index contributed by atoms with van der Waals surface area (Å²) in [6, 6.07) is 12.9. The molecule has 0 aliphatic rings. The van der Waals surface area contributed by atoms with Crippen molar-refractivity contribution in [3.8, 4) is 0 Å². The van der Waals surface area contributed by atoms with Crippen molar-refractivity contribution < 1.29 is 4.79 Å². The molecule has 0 spiro atoms. The molecule has 0 radical (unpaired) electrons. The first-order valence-corrected chi connectivity index (χ1v) is 6.69. The Hall–Kier alpha value is -2.07. The summed E-state index contributed by atoms with van der Waals surface area (Å²) in [4.78, 5) is 16.3. The van der Waals surface area contributed by atoms with Crippen molar-refractivity contribution in [2.45, 2.75) is 13.0 Å². The number of anilines is 1. The molecule has 104 valence electrons. The van der Waals surface area contributed by atoms with Crippen LogP contribution in [0.25, 0.3) is 0 Å². The summed E-state index contributed by atoms with van der Waals surface area (Å²) < 4.78 is 0. The summed E-state index contributed by atoms with van der Waals surface area (Å²) in [5, 5.41) is 6.10. The van der Waals surface area contributed by atoms with Crippen molar-refractivity contribution in [1.29, 1.82) is 0 Å². The van der Waals surface area contributed by atoms with Gasteiger partial charge in [0, 0.05) is 12.6 Å². The van der Waals surface area contributed by atoms with Crippen LogP contribution in [0.4, 0.5) is 5.82 Å². The van der Waals surface area contributed by atoms with E-state index in [1.165, 1.54) is 0 Å². The molecular weight excluding hydrogens is 274 g/mol. The zero-order valence-electron chi connectivity index (χ0n) is 11.4. The predicted molar refractivity (Wildman–Crippen MR) is 81.1 cm³/mol. The lowest BCUT2D eigenvalue weighted by Crippen LogP contribution is -2.26. The lowest BCUT2D eigenvalue weighted by atomic mass is 10.1. The zero-order chi connectivity index (χ0) is 14.5. The van der Waals surface area contributed by atoms with Crippen LogP contribution in [0, 0.1) is 0 Å². The second-order valence-corrected chi connectivity index (χ2v) is 4.81. The van der Waals surface area contributed by atoms with Gasteiger partial charge in [-0.2, -0.15) is 0 Å². The second-order valence-electron chi connectivity index (χ2n) is 4.42. The van der Waals surface area contributed by atoms with E-state index in [-0.39, 0.29) is 17.1 Å². The average molecular weight is 290 g/mol. The van der Waals surface area contributed by atoms with Crippen LogP contribution in [-0.4, -0.2) is 17.9 Å². The number of nitrogens with zero attached hydrogens (tertiary/aromatic N) is 1. The van der Waals surface area contributed by atoms with E-state index < -0.39 is 0 Å². The van der Waals surface area contributed by atoms with Crippen LogP contribution < -0.4 is 10.6 Å². The number of carbonyl (C=O) groups excluding carboxylic acids is 1. The summed E-state index contributed by atoms with van der Waals surface area (Å²) >= 11 is 5.90. The van der Waals surface area contributed by atoms with Gasteiger partial charge in [-0.15, -0.1) is 0 Å². The Balaban J connectivity index is 2.14. The van der Waals surface area contributed by atoms with E-state index in [1.54, 1.807) is 19.2 Å². The highest BCUT2D eigenvalue weighted by Gasteiger charge is 2.13. The number of benzene rings is 1. The molecule has 2 rings (SSSR count). The van der Waals surface area contributed by atoms with Crippen molar-refractivity contribution in [3.63, 3.8) is 0 Å². The molecule has 1 aromatic carbocycles. The summed E-state index contributed by atoms with van der Waals surface area (Å²) in [5.41, 5.74) is 1.53. The van der Waals surface area contributed by atoms with Gasteiger partial charge in [-0.3, -0.25) is 4.79 Å². The first-order chi connectivity index (χ1) is 9.60. The maximum atomic E-state index is 12.2. The lowest BCUT2D eigenvalue weighted by Gasteiger charge is -2.14. The standard InChI is InChI=1S/C15H16ClN3O/c1-10(11-6-4-3-5-7-11)18-15(20)12-8-13(16)19-14(9-12)17-2/h3-10H,1-2H3,(H,17,19)(H,18,20). The lowest BCUT2D eigenvalue weighted by molar-refractivity contribution is 0.0940. The molecule has 2 N–H and O–H groups in total. The van der Waals surface area contributed by atoms with Gasteiger partial charge < -0.3 is 10.6 Å². The number of hydrogen-bond acceptors (Lipinski definition) is 3. The van der Waals surface area contributed by atoms with Crippen LogP contribution >= 0.6 is 11.6 Å². The van der Waals surface area contributed by atoms with E-state index in [4.69, 9.17) is 11.6 Å². The molecule has 1 aromatic heterocycles. The summed E-state index contributed by atoms with van der Waals surface area (Å²) in [6.45, 7) is 1.94. The van der Waals surface area contributed by atoms with Gasteiger partial charge in [0.2, 0.25) is 0 Å². The van der Waals surface area contributed by atoms with E-state index in [2.05, 4.69) is 15.6 Å². The molecule has 5 heteroatoms. The number of amides is 1. The highest BCUT2D eigenvalue weighted by atomic mass is 35.5. The smallest absolute Gasteiger partial charge is 0.251 e. The topological polar surface area (TPSA) is 54.0 Å². The summed E-state index contributed by atoms with van der Waals surface area (Å²) in [7, 11) is 1.73. The zero-order valence-corrected chi connectivity index (χ0v) is 12.1. The Morgan fingerprint density at radius 1 is 1.25 bits per heavy atom. The number of carbonyl (C=O) groups is 1. The van der Waals surface area contributed by atoms with Gasteiger partial charge in [0.05, 0.1) is 6.04 Å². The van der Waals surface area contributed by atoms with E-state index >= 15 is 0 Å². The largest absolute Gasteiger partial charge is 0.373 e. The molecule has 0 aliphatic carbocycles. The van der Waals surface area contributed by atoms with Crippen LogP contribution in [0.15, 0.2) is 42.5 Å². The fourth-order valence-corrected chi connectivity index (χ4v) is 2.07. The minimum atomic E-state index is -0.179. The first-order valence-electron chi connectivity index (χ1n) is 6.31. The van der Waals surface area contributed by atoms with E-state index in [0.717, 1.165) is 5.56 Å². The third kappa shape index (κ3) is 3.48. The fourth-order valence-electron chi connectivity index (χ4n) is 1.86. The Kier molecular flexibility index (Phi) is 4.58. The molecule has 4 nitrogen and oxygen atoms in total. The molecule has 1 amide bonds. The highest BCUT2D eigenvalue weighted by molar-refractivity contribution is 6.29. The molecule has 1 heterocycles. The molecule has 1 atom stereocenters. The van der Waals surface area contributed by atoms with Gasteiger partial charge in [-0.1, -0.05) is 41.9 Å². The molecule has 0 fully saturated rings. The average Bonchev–Trinajstić information content (AvgIpc) is 2.47. The van der Waals surface area contributed by atoms with Gasteiger partial charge in [-0.25, -0.2) is 4.98 Å². The van der Waals surface area contributed by atoms with Crippen molar-refractivity contribution in [1.82, 2.24) is 10.3 Å². The van der Waals surface area contributed by atoms with Crippen molar-refractivity contribution in [2.24, 2.45) is 0 Å². The Morgan fingerprint density at radius 3 is 2.60 bits per heavy atom. The molecular formula is C15H16ClN3O. The van der Waals surface area contributed by atoms with Crippen LogP contribution in [0.1, 0.15) is 28.9 Å². The van der Waals surface area contributed by atoms with Crippen molar-refractivity contribution in [3.05, 3.63) is 58.7 Å². The monoisotopic (exact) mass is 289 g/mol. The van der Waals surface area contributed by atoms with E-state index in [1.807, 2.05) is 37.3 Å². The summed E-state index contributed by atoms with van der Waals surface area (Å²) in [5.74, 6) is 0.386. The number of pyridine rings is 1. The second kappa shape index (κ2) is 6.39. The Labute approximate surface area is 123 Å². The number of halogens is 1. The molecule has 0 saturated heterocycles. The molecule has 0 saturated carbocycles. The molecule has 1 unspecified atom stereocenters. The van der Waals surface area contributed by atoms with Gasteiger partial charge >= 0.3 is 0 Å². The molecule has 0 bridgehead atoms. The van der Waals surface area contributed by atoms with Gasteiger partial charge in [0.15, 0.2) is 0 Å². The third-order valence-electron chi connectivity index (χ3n) is 2.96. The summed E-state index contributed by atoms with van der Waals surface area (Å²) in [6.07, 6.45) is 0.